The van der Waals surface area contributed by atoms with Crippen LogP contribution in [0.5, 0.6) is 0 Å². The fraction of sp³-hybridized carbons (Fsp3) is 0.536. The van der Waals surface area contributed by atoms with Crippen LogP contribution >= 0.6 is 23.2 Å². The van der Waals surface area contributed by atoms with Gasteiger partial charge in [0, 0.05) is 35.7 Å². The summed E-state index contributed by atoms with van der Waals surface area (Å²) in [4.78, 5) is 14.9. The van der Waals surface area contributed by atoms with Crippen LogP contribution in [0.15, 0.2) is 53.4 Å². The minimum Gasteiger partial charge on any atom is -0.367 e. The molecule has 0 aromatic heterocycles. The summed E-state index contributed by atoms with van der Waals surface area (Å²) in [6.45, 7) is 1.19. The van der Waals surface area contributed by atoms with E-state index in [0.717, 1.165) is 30.7 Å². The highest BCUT2D eigenvalue weighted by atomic mass is 35.5. The number of sulfonamides is 1. The van der Waals surface area contributed by atoms with Crippen LogP contribution in [0.1, 0.15) is 43.7 Å². The van der Waals surface area contributed by atoms with E-state index in [9.17, 15) is 13.2 Å². The lowest BCUT2D eigenvalue weighted by Crippen LogP contribution is -2.37. The van der Waals surface area contributed by atoms with E-state index in [1.807, 2.05) is 12.1 Å². The lowest BCUT2D eigenvalue weighted by Gasteiger charge is -2.37. The molecule has 0 radical (unpaired) electrons. The zero-order valence-electron chi connectivity index (χ0n) is 22.0. The Kier molecular flexibility index (Phi) is 10.1. The molecule has 2 aliphatic rings. The number of nitrogens with zero attached hydrogens (tertiary/aromatic N) is 2. The number of amides is 1. The van der Waals surface area contributed by atoms with Gasteiger partial charge in [-0.25, -0.2) is 8.42 Å². The first-order valence-electron chi connectivity index (χ1n) is 13.2. The predicted octanol–water partition coefficient (Wildman–Crippen LogP) is 5.00. The van der Waals surface area contributed by atoms with Crippen LogP contribution in [0.25, 0.3) is 0 Å². The average Bonchev–Trinajstić information content (AvgIpc) is 3.38. The first-order valence-corrected chi connectivity index (χ1v) is 15.4. The summed E-state index contributed by atoms with van der Waals surface area (Å²) in [6, 6.07) is 14.6. The highest BCUT2D eigenvalue weighted by molar-refractivity contribution is 7.89. The molecule has 1 saturated carbocycles. The fourth-order valence-corrected chi connectivity index (χ4v) is 7.41. The number of halogens is 2. The largest absolute Gasteiger partial charge is 0.367 e. The van der Waals surface area contributed by atoms with Crippen LogP contribution in [0.3, 0.4) is 0 Å². The molecule has 0 bridgehead atoms. The first-order chi connectivity index (χ1) is 18.1. The molecule has 1 amide bonds. The summed E-state index contributed by atoms with van der Waals surface area (Å²) < 4.78 is 32.9. The normalized spacial score (nSPS) is 23.4. The molecule has 2 unspecified atom stereocenters. The average molecular weight is 583 g/mol. The molecule has 2 aromatic carbocycles. The smallest absolute Gasteiger partial charge is 0.246 e. The van der Waals surface area contributed by atoms with Gasteiger partial charge in [0.2, 0.25) is 15.9 Å². The molecule has 1 N–H and O–H groups in total. The number of nitrogens with one attached hydrogen (secondary N) is 1. The van der Waals surface area contributed by atoms with Gasteiger partial charge in [0.1, 0.15) is 6.61 Å². The highest BCUT2D eigenvalue weighted by Gasteiger charge is 2.34. The van der Waals surface area contributed by atoms with Crippen LogP contribution in [-0.4, -0.2) is 70.0 Å². The van der Waals surface area contributed by atoms with Gasteiger partial charge in [0.15, 0.2) is 0 Å². The van der Waals surface area contributed by atoms with Crippen molar-refractivity contribution in [1.82, 2.24) is 14.5 Å². The van der Waals surface area contributed by atoms with E-state index in [4.69, 9.17) is 27.9 Å². The third-order valence-electron chi connectivity index (χ3n) is 7.70. The molecule has 2 aromatic rings. The Bertz CT molecular complexity index is 1170. The first kappa shape index (κ1) is 29.3. The van der Waals surface area contributed by atoms with Crippen molar-refractivity contribution in [3.8, 4) is 0 Å². The van der Waals surface area contributed by atoms with Crippen molar-refractivity contribution in [2.24, 2.45) is 11.8 Å². The van der Waals surface area contributed by atoms with Gasteiger partial charge in [-0.1, -0.05) is 35.3 Å². The molecule has 0 spiro atoms. The molecular formula is C28H37Cl2N3O4S. The molecule has 1 aliphatic carbocycles. The Morgan fingerprint density at radius 1 is 1.00 bits per heavy atom. The number of ether oxygens (including phenoxy) is 1. The second-order valence-corrected chi connectivity index (χ2v) is 13.4. The van der Waals surface area contributed by atoms with Crippen molar-refractivity contribution in [2.45, 2.75) is 49.1 Å². The number of hydrogen-bond donors (Lipinski definition) is 1. The van der Waals surface area contributed by atoms with E-state index in [1.54, 1.807) is 12.1 Å². The maximum atomic E-state index is 12.8. The van der Waals surface area contributed by atoms with E-state index in [0.29, 0.717) is 42.4 Å². The van der Waals surface area contributed by atoms with Crippen molar-refractivity contribution in [3.05, 3.63) is 64.1 Å². The molecule has 2 fully saturated rings. The Hall–Kier alpha value is -1.68. The third kappa shape index (κ3) is 7.49. The molecule has 1 saturated heterocycles. The number of benzene rings is 2. The Morgan fingerprint density at radius 3 is 2.21 bits per heavy atom. The standard InChI is InChI=1S/C28H37Cl2N3O4S/c1-32(2)28(22-7-9-23(29)10-8-22)21-5-3-20(4-6-21)17-31-27(34)19-37-25-15-16-33(18-25)38(35,36)26-13-11-24(30)12-14-26/h7-14,20-21,25,28H,3-6,15-19H2,1-2H3,(H,31,34). The van der Waals surface area contributed by atoms with Gasteiger partial charge >= 0.3 is 0 Å². The second-order valence-electron chi connectivity index (χ2n) is 10.6. The summed E-state index contributed by atoms with van der Waals surface area (Å²) in [5, 5.41) is 4.26. The number of carbonyl (C=O) groups excluding carboxylic acids is 1. The van der Waals surface area contributed by atoms with Crippen LogP contribution in [-0.2, 0) is 19.6 Å². The summed E-state index contributed by atoms with van der Waals surface area (Å²) in [6.07, 6.45) is 4.64. The van der Waals surface area contributed by atoms with Crippen LogP contribution in [0, 0.1) is 11.8 Å². The van der Waals surface area contributed by atoms with Crippen LogP contribution in [0.4, 0.5) is 0 Å². The Balaban J connectivity index is 1.17. The quantitative estimate of drug-likeness (QED) is 0.427. The lowest BCUT2D eigenvalue weighted by molar-refractivity contribution is -0.127. The predicted molar refractivity (Wildman–Crippen MR) is 151 cm³/mol. The van der Waals surface area contributed by atoms with Crippen LogP contribution < -0.4 is 5.32 Å². The molecule has 38 heavy (non-hydrogen) atoms. The van der Waals surface area contributed by atoms with Crippen LogP contribution in [0.2, 0.25) is 10.0 Å². The minimum absolute atomic E-state index is 0.0614. The maximum Gasteiger partial charge on any atom is 0.246 e. The van der Waals surface area contributed by atoms with E-state index in [1.165, 1.54) is 22.0 Å². The van der Waals surface area contributed by atoms with Gasteiger partial charge in [-0.3, -0.25) is 4.79 Å². The molecule has 10 heteroatoms. The summed E-state index contributed by atoms with van der Waals surface area (Å²) in [7, 11) is 0.652. The second kappa shape index (κ2) is 13.1. The summed E-state index contributed by atoms with van der Waals surface area (Å²) in [5.74, 6) is 0.865. The van der Waals surface area contributed by atoms with E-state index < -0.39 is 10.0 Å². The maximum absolute atomic E-state index is 12.8. The third-order valence-corrected chi connectivity index (χ3v) is 10.1. The van der Waals surface area contributed by atoms with Gasteiger partial charge in [0.25, 0.3) is 0 Å². The van der Waals surface area contributed by atoms with Gasteiger partial charge in [-0.2, -0.15) is 4.31 Å². The van der Waals surface area contributed by atoms with Crippen molar-refractivity contribution < 1.29 is 17.9 Å². The van der Waals surface area contributed by atoms with Crippen molar-refractivity contribution in [2.75, 3.05) is 40.3 Å². The highest BCUT2D eigenvalue weighted by Crippen LogP contribution is 2.39. The Morgan fingerprint density at radius 2 is 1.61 bits per heavy atom. The van der Waals surface area contributed by atoms with Crippen molar-refractivity contribution in [3.63, 3.8) is 0 Å². The molecule has 1 heterocycles. The van der Waals surface area contributed by atoms with Gasteiger partial charge in [0.05, 0.1) is 11.0 Å². The number of carbonyl (C=O) groups is 1. The molecule has 2 atom stereocenters. The zero-order valence-corrected chi connectivity index (χ0v) is 24.3. The topological polar surface area (TPSA) is 79.0 Å². The molecule has 1 aliphatic heterocycles. The SMILES string of the molecule is CN(C)C(c1ccc(Cl)cc1)C1CCC(CNC(=O)COC2CCN(S(=O)(=O)c3ccc(Cl)cc3)C2)CC1. The summed E-state index contributed by atoms with van der Waals surface area (Å²) >= 11 is 12.0. The van der Waals surface area contributed by atoms with Crippen molar-refractivity contribution in [1.29, 1.82) is 0 Å². The lowest BCUT2D eigenvalue weighted by atomic mass is 9.76. The van der Waals surface area contributed by atoms with Gasteiger partial charge in [-0.05, 0) is 100.0 Å². The zero-order chi connectivity index (χ0) is 27.3. The van der Waals surface area contributed by atoms with Gasteiger partial charge in [-0.15, -0.1) is 0 Å². The fourth-order valence-electron chi connectivity index (χ4n) is 5.67. The number of rotatable bonds is 10. The van der Waals surface area contributed by atoms with E-state index >= 15 is 0 Å². The molecule has 7 nitrogen and oxygen atoms in total. The monoisotopic (exact) mass is 581 g/mol. The summed E-state index contributed by atoms with van der Waals surface area (Å²) in [5.41, 5.74) is 1.29. The molecular weight excluding hydrogens is 545 g/mol. The van der Waals surface area contributed by atoms with Gasteiger partial charge < -0.3 is 15.0 Å². The molecule has 208 valence electrons. The van der Waals surface area contributed by atoms with Crippen molar-refractivity contribution >= 4 is 39.1 Å². The van der Waals surface area contributed by atoms with E-state index in [2.05, 4.69) is 36.4 Å². The number of hydrogen-bond acceptors (Lipinski definition) is 5. The van der Waals surface area contributed by atoms with E-state index in [-0.39, 0.29) is 30.1 Å². The Labute approximate surface area is 236 Å². The minimum atomic E-state index is -3.60. The molecule has 4 rings (SSSR count).